The number of furan rings is 1. The minimum absolute atomic E-state index is 0.0160. The lowest BCUT2D eigenvalue weighted by Gasteiger charge is -2.52. The van der Waals surface area contributed by atoms with Crippen LogP contribution in [0.15, 0.2) is 95.4 Å². The maximum absolute atomic E-state index is 6.84. The Kier molecular flexibility index (Phi) is 4.76. The highest BCUT2D eigenvalue weighted by Crippen LogP contribution is 2.61. The summed E-state index contributed by atoms with van der Waals surface area (Å²) in [6.45, 7) is 7.46. The molecule has 5 heteroatoms. The SMILES string of the molecule is Cc1cc2c3c(c1)N1c4c(cccc4C4(C)CCCCC14C)B3c1ccc(Cl)cc1N2c1cccc2oc3ccccc3c12. The molecule has 0 spiro atoms. The molecule has 1 saturated carbocycles. The second-order valence-electron chi connectivity index (χ2n) is 13.8. The van der Waals surface area contributed by atoms with Crippen molar-refractivity contribution in [3.8, 4) is 0 Å². The Morgan fingerprint density at radius 3 is 2.45 bits per heavy atom. The summed E-state index contributed by atoms with van der Waals surface area (Å²) in [6, 6.07) is 33.3. The number of anilines is 5. The Bertz CT molecular complexity index is 2240. The number of hydrogen-bond acceptors (Lipinski definition) is 3. The molecule has 0 radical (unpaired) electrons. The van der Waals surface area contributed by atoms with Gasteiger partial charge in [0.05, 0.1) is 16.6 Å². The van der Waals surface area contributed by atoms with Crippen LogP contribution in [0.4, 0.5) is 28.4 Å². The van der Waals surface area contributed by atoms with Crippen LogP contribution in [0.1, 0.15) is 50.7 Å². The molecule has 1 aliphatic carbocycles. The fourth-order valence-electron chi connectivity index (χ4n) is 9.59. The molecule has 2 unspecified atom stereocenters. The Morgan fingerprint density at radius 1 is 0.750 bits per heavy atom. The van der Waals surface area contributed by atoms with Gasteiger partial charge in [0.15, 0.2) is 0 Å². The first-order chi connectivity index (χ1) is 21.4. The van der Waals surface area contributed by atoms with E-state index in [1.54, 1.807) is 0 Å². The Hall–Kier alpha value is -4.15. The van der Waals surface area contributed by atoms with Crippen LogP contribution in [0.5, 0.6) is 0 Å². The number of aryl methyl sites for hydroxylation is 1. The molecule has 214 valence electrons. The first kappa shape index (κ1) is 25.2. The number of rotatable bonds is 1. The minimum Gasteiger partial charge on any atom is -0.456 e. The molecule has 4 aliphatic rings. The molecule has 5 aromatic carbocycles. The van der Waals surface area contributed by atoms with Crippen molar-refractivity contribution in [1.29, 1.82) is 0 Å². The van der Waals surface area contributed by atoms with Crippen LogP contribution in [0.3, 0.4) is 0 Å². The van der Waals surface area contributed by atoms with Crippen LogP contribution < -0.4 is 26.2 Å². The van der Waals surface area contributed by atoms with Gasteiger partial charge in [-0.1, -0.05) is 79.9 Å². The highest BCUT2D eigenvalue weighted by Gasteiger charge is 2.61. The molecule has 0 bridgehead atoms. The van der Waals surface area contributed by atoms with Crippen molar-refractivity contribution in [2.45, 2.75) is 57.4 Å². The third kappa shape index (κ3) is 2.87. The molecule has 1 fully saturated rings. The Morgan fingerprint density at radius 2 is 1.55 bits per heavy atom. The first-order valence-corrected chi connectivity index (χ1v) is 16.3. The van der Waals surface area contributed by atoms with Crippen LogP contribution in [0.2, 0.25) is 5.02 Å². The second-order valence-corrected chi connectivity index (χ2v) is 14.3. The Labute approximate surface area is 263 Å². The molecule has 0 N–H and O–H groups in total. The van der Waals surface area contributed by atoms with Crippen molar-refractivity contribution < 1.29 is 4.42 Å². The molecule has 1 aromatic heterocycles. The quantitative estimate of drug-likeness (QED) is 0.178. The van der Waals surface area contributed by atoms with Crippen LogP contribution in [-0.4, -0.2) is 12.3 Å². The van der Waals surface area contributed by atoms with Gasteiger partial charge < -0.3 is 14.2 Å². The smallest absolute Gasteiger partial charge is 0.252 e. The second kappa shape index (κ2) is 8.31. The number of fused-ring (bicyclic) bond motifs is 10. The zero-order valence-electron chi connectivity index (χ0n) is 25.2. The van der Waals surface area contributed by atoms with E-state index in [9.17, 15) is 0 Å². The number of nitrogens with zero attached hydrogens (tertiary/aromatic N) is 2. The van der Waals surface area contributed by atoms with E-state index in [0.29, 0.717) is 0 Å². The Balaban J connectivity index is 1.35. The molecule has 0 amide bonds. The van der Waals surface area contributed by atoms with Gasteiger partial charge >= 0.3 is 0 Å². The highest BCUT2D eigenvalue weighted by molar-refractivity contribution is 7.00. The first-order valence-electron chi connectivity index (χ1n) is 16.0. The molecule has 6 aromatic rings. The van der Waals surface area contributed by atoms with Crippen molar-refractivity contribution >= 4 is 85.1 Å². The maximum atomic E-state index is 6.84. The number of halogens is 1. The van der Waals surface area contributed by atoms with E-state index in [4.69, 9.17) is 16.0 Å². The number of hydrogen-bond donors (Lipinski definition) is 0. The van der Waals surface area contributed by atoms with Gasteiger partial charge in [-0.3, -0.25) is 0 Å². The van der Waals surface area contributed by atoms with E-state index >= 15 is 0 Å². The van der Waals surface area contributed by atoms with Gasteiger partial charge in [0.2, 0.25) is 0 Å². The fourth-order valence-corrected chi connectivity index (χ4v) is 9.75. The van der Waals surface area contributed by atoms with Crippen molar-refractivity contribution in [2.24, 2.45) is 0 Å². The van der Waals surface area contributed by atoms with E-state index in [1.807, 2.05) is 6.07 Å². The van der Waals surface area contributed by atoms with E-state index in [-0.39, 0.29) is 17.7 Å². The molecule has 0 saturated heterocycles. The normalized spacial score (nSPS) is 22.7. The zero-order chi connectivity index (χ0) is 29.5. The van der Waals surface area contributed by atoms with Crippen LogP contribution in [-0.2, 0) is 5.41 Å². The lowest BCUT2D eigenvalue weighted by atomic mass is 9.33. The number of para-hydroxylation sites is 2. The molecule has 10 rings (SSSR count). The van der Waals surface area contributed by atoms with Gasteiger partial charge in [-0.15, -0.1) is 0 Å². The summed E-state index contributed by atoms with van der Waals surface area (Å²) < 4.78 is 6.39. The van der Waals surface area contributed by atoms with E-state index in [2.05, 4.69) is 116 Å². The predicted octanol–water partition coefficient (Wildman–Crippen LogP) is 8.90. The highest BCUT2D eigenvalue weighted by atomic mass is 35.5. The standard InChI is InChI=1S/C39H32BClN2O/c1-23-20-31-36-32(21-23)43-37-26(38(2)18-6-7-19-39(38,43)3)11-8-12-28(37)40(36)27-17-16-24(41)22-30(27)42(31)29-13-9-15-34-35(29)25-10-4-5-14-33(25)44-34/h4-5,8-17,20-22H,6-7,18-19H2,1-3H3. The summed E-state index contributed by atoms with van der Waals surface area (Å²) in [7, 11) is 0. The van der Waals surface area contributed by atoms with Crippen molar-refractivity contribution in [2.75, 3.05) is 9.80 Å². The third-order valence-electron chi connectivity index (χ3n) is 11.7. The van der Waals surface area contributed by atoms with Gasteiger partial charge in [-0.25, -0.2) is 0 Å². The van der Waals surface area contributed by atoms with Crippen molar-refractivity contribution in [3.63, 3.8) is 0 Å². The molecular weight excluding hydrogens is 559 g/mol. The van der Waals surface area contributed by atoms with Crippen molar-refractivity contribution in [3.05, 3.63) is 107 Å². The lowest BCUT2D eigenvalue weighted by molar-refractivity contribution is 0.195. The largest absolute Gasteiger partial charge is 0.456 e. The van der Waals surface area contributed by atoms with E-state index < -0.39 is 0 Å². The average molecular weight is 591 g/mol. The van der Waals surface area contributed by atoms with Gasteiger partial charge in [0, 0.05) is 38.6 Å². The van der Waals surface area contributed by atoms with Crippen LogP contribution in [0, 0.1) is 6.92 Å². The van der Waals surface area contributed by atoms with Gasteiger partial charge in [0.25, 0.3) is 6.71 Å². The number of benzene rings is 5. The van der Waals surface area contributed by atoms with Gasteiger partial charge in [0.1, 0.15) is 11.2 Å². The van der Waals surface area contributed by atoms with Crippen LogP contribution in [0.25, 0.3) is 21.9 Å². The molecular formula is C39H32BClN2O. The average Bonchev–Trinajstić information content (AvgIpc) is 3.50. The summed E-state index contributed by atoms with van der Waals surface area (Å²) in [5.74, 6) is 0. The topological polar surface area (TPSA) is 19.6 Å². The monoisotopic (exact) mass is 590 g/mol. The fraction of sp³-hybridized carbons (Fsp3) is 0.231. The minimum atomic E-state index is 0.0160. The summed E-state index contributed by atoms with van der Waals surface area (Å²) in [5.41, 5.74) is 15.2. The van der Waals surface area contributed by atoms with Crippen LogP contribution >= 0.6 is 11.6 Å². The van der Waals surface area contributed by atoms with Gasteiger partial charge in [-0.2, -0.15) is 0 Å². The molecule has 3 nitrogen and oxygen atoms in total. The van der Waals surface area contributed by atoms with Gasteiger partial charge in [-0.05, 0) is 96.7 Å². The summed E-state index contributed by atoms with van der Waals surface area (Å²) in [4.78, 5) is 5.26. The van der Waals surface area contributed by atoms with Crippen molar-refractivity contribution in [1.82, 2.24) is 0 Å². The van der Waals surface area contributed by atoms with E-state index in [0.717, 1.165) is 38.3 Å². The summed E-state index contributed by atoms with van der Waals surface area (Å²) in [5, 5.41) is 3.01. The molecule has 44 heavy (non-hydrogen) atoms. The maximum Gasteiger partial charge on any atom is 0.252 e. The third-order valence-corrected chi connectivity index (χ3v) is 11.9. The lowest BCUT2D eigenvalue weighted by Crippen LogP contribution is -2.64. The molecule has 2 atom stereocenters. The molecule has 4 heterocycles. The van der Waals surface area contributed by atoms with E-state index in [1.165, 1.54) is 70.3 Å². The summed E-state index contributed by atoms with van der Waals surface area (Å²) in [6.07, 6.45) is 4.98. The zero-order valence-corrected chi connectivity index (χ0v) is 26.0. The molecule has 3 aliphatic heterocycles. The summed E-state index contributed by atoms with van der Waals surface area (Å²) >= 11 is 6.84. The predicted molar refractivity (Wildman–Crippen MR) is 186 cm³/mol.